The molecule has 15 heteroatoms. The molecule has 5 amide bonds. The molecule has 3 aliphatic heterocycles. The van der Waals surface area contributed by atoms with E-state index >= 15 is 0 Å². The Labute approximate surface area is 285 Å². The molecule has 244 valence electrons. The summed E-state index contributed by atoms with van der Waals surface area (Å²) in [7, 11) is 0. The number of nitrogens with zero attached hydrogens (tertiary/aromatic N) is 3. The third-order valence-electron chi connectivity index (χ3n) is 8.67. The van der Waals surface area contributed by atoms with Gasteiger partial charge in [0.2, 0.25) is 11.8 Å². The lowest BCUT2D eigenvalue weighted by atomic mass is 10.0. The van der Waals surface area contributed by atoms with Crippen molar-refractivity contribution in [2.24, 2.45) is 0 Å². The summed E-state index contributed by atoms with van der Waals surface area (Å²) in [6.07, 6.45) is 1.92. The summed E-state index contributed by atoms with van der Waals surface area (Å²) in [6.45, 7) is 0.472. The molecular formula is C33H26BrFN6O6S. The van der Waals surface area contributed by atoms with E-state index in [1.807, 2.05) is 0 Å². The molecule has 48 heavy (non-hydrogen) atoms. The van der Waals surface area contributed by atoms with Crippen LogP contribution in [0.3, 0.4) is 0 Å². The van der Waals surface area contributed by atoms with Crippen molar-refractivity contribution in [1.29, 1.82) is 0 Å². The number of amides is 5. The largest absolute Gasteiger partial charge is 0.508 e. The highest BCUT2D eigenvalue weighted by atomic mass is 79.9. The Kier molecular flexibility index (Phi) is 8.17. The van der Waals surface area contributed by atoms with E-state index in [-0.39, 0.29) is 60.7 Å². The molecule has 0 aliphatic carbocycles. The van der Waals surface area contributed by atoms with Crippen LogP contribution in [-0.2, 0) is 34.0 Å². The van der Waals surface area contributed by atoms with Gasteiger partial charge in [-0.2, -0.15) is 0 Å². The Bertz CT molecular complexity index is 2020. The molecule has 0 saturated carbocycles. The van der Waals surface area contributed by atoms with E-state index < -0.39 is 35.6 Å². The van der Waals surface area contributed by atoms with Gasteiger partial charge in [-0.3, -0.25) is 34.6 Å². The molecule has 1 saturated heterocycles. The minimum absolute atomic E-state index is 0.0242. The predicted octanol–water partition coefficient (Wildman–Crippen LogP) is 4.46. The van der Waals surface area contributed by atoms with Crippen molar-refractivity contribution in [2.75, 3.05) is 10.6 Å². The number of carbonyl (C=O) groups excluding carboxylic acids is 5. The van der Waals surface area contributed by atoms with Crippen LogP contribution in [0.1, 0.15) is 61.9 Å². The van der Waals surface area contributed by atoms with Gasteiger partial charge in [-0.25, -0.2) is 9.37 Å². The van der Waals surface area contributed by atoms with Crippen LogP contribution in [0.2, 0.25) is 0 Å². The summed E-state index contributed by atoms with van der Waals surface area (Å²) in [6, 6.07) is 9.89. The lowest BCUT2D eigenvalue weighted by molar-refractivity contribution is -0.137. The number of nitrogens with one attached hydrogen (secondary N) is 3. The summed E-state index contributed by atoms with van der Waals surface area (Å²) in [4.78, 5) is 71.8. The fourth-order valence-corrected chi connectivity index (χ4v) is 7.52. The molecule has 0 bridgehead atoms. The molecule has 4 aromatic rings. The molecular weight excluding hydrogens is 707 g/mol. The van der Waals surface area contributed by atoms with Crippen molar-refractivity contribution in [1.82, 2.24) is 20.1 Å². The second-order valence-corrected chi connectivity index (χ2v) is 13.2. The highest BCUT2D eigenvalue weighted by Crippen LogP contribution is 2.40. The second kappa shape index (κ2) is 12.5. The number of hydrogen-bond donors (Lipinski definition) is 4. The number of halogens is 2. The third kappa shape index (κ3) is 5.58. The molecule has 2 atom stereocenters. The lowest BCUT2D eigenvalue weighted by Crippen LogP contribution is -2.52. The number of imide groups is 1. The van der Waals surface area contributed by atoms with Crippen molar-refractivity contribution >= 4 is 67.6 Å². The molecule has 3 aliphatic rings. The smallest absolute Gasteiger partial charge is 0.257 e. The molecule has 0 spiro atoms. The van der Waals surface area contributed by atoms with Crippen LogP contribution in [0.15, 0.2) is 64.6 Å². The quantitative estimate of drug-likeness (QED) is 0.193. The van der Waals surface area contributed by atoms with E-state index in [2.05, 4.69) is 36.9 Å². The fourth-order valence-electron chi connectivity index (χ4n) is 6.37. The minimum Gasteiger partial charge on any atom is -0.508 e. The molecule has 7 rings (SSSR count). The maximum atomic E-state index is 14.4. The van der Waals surface area contributed by atoms with Crippen molar-refractivity contribution in [3.05, 3.63) is 104 Å². The van der Waals surface area contributed by atoms with Gasteiger partial charge in [0.25, 0.3) is 17.7 Å². The molecule has 4 N–H and O–H groups in total. The maximum Gasteiger partial charge on any atom is 0.257 e. The second-order valence-electron chi connectivity index (χ2n) is 11.5. The molecule has 1 aromatic heterocycles. The summed E-state index contributed by atoms with van der Waals surface area (Å²) in [5, 5.41) is 20.9. The number of phenols is 1. The molecule has 2 unspecified atom stereocenters. The van der Waals surface area contributed by atoms with Crippen LogP contribution >= 0.6 is 27.3 Å². The Morgan fingerprint density at radius 1 is 1.12 bits per heavy atom. The molecule has 0 radical (unpaired) electrons. The van der Waals surface area contributed by atoms with E-state index in [9.17, 15) is 33.5 Å². The number of aromatic hydroxyl groups is 1. The van der Waals surface area contributed by atoms with Gasteiger partial charge in [-0.1, -0.05) is 34.1 Å². The number of thiazole rings is 1. The van der Waals surface area contributed by atoms with Gasteiger partial charge in [0.1, 0.15) is 23.7 Å². The average Bonchev–Trinajstić information content (AvgIpc) is 3.78. The van der Waals surface area contributed by atoms with Gasteiger partial charge in [0.15, 0.2) is 5.13 Å². The van der Waals surface area contributed by atoms with Crippen LogP contribution < -0.4 is 16.0 Å². The molecule has 3 aromatic carbocycles. The number of piperidine rings is 1. The lowest BCUT2D eigenvalue weighted by Gasteiger charge is -2.29. The first-order chi connectivity index (χ1) is 23.1. The third-order valence-corrected chi connectivity index (χ3v) is 10.3. The Balaban J connectivity index is 1.13. The maximum absolute atomic E-state index is 14.4. The first-order valence-corrected chi connectivity index (χ1v) is 16.6. The molecule has 1 fully saturated rings. The number of phenolic OH excluding ortho intramolecular Hbond substituents is 1. The average molecular weight is 734 g/mol. The number of aromatic nitrogens is 1. The van der Waals surface area contributed by atoms with Crippen LogP contribution in [0.25, 0.3) is 0 Å². The summed E-state index contributed by atoms with van der Waals surface area (Å²) in [5.41, 5.74) is 3.36. The summed E-state index contributed by atoms with van der Waals surface area (Å²) >= 11 is 4.82. The van der Waals surface area contributed by atoms with E-state index in [1.165, 1.54) is 27.3 Å². The standard InChI is InChI=1S/C33H26BrFN6O6S/c34-27-16(4-6-19-21(27)15-40(31(19)46)23-7-9-25(43)38-29(23)44)13-37-22-3-1-2-17-14-41(32(47)26(17)22)28(20-12-18(35)5-8-24(20)42)30(45)39-33-36-10-11-48-33/h1-6,8,10-12,23,28,37,42H,7,9,13-15H2,(H,36,39,45)(H,38,43,44). The monoisotopic (exact) mass is 732 g/mol. The zero-order valence-corrected chi connectivity index (χ0v) is 27.4. The van der Waals surface area contributed by atoms with Crippen LogP contribution in [0, 0.1) is 5.82 Å². The van der Waals surface area contributed by atoms with Crippen molar-refractivity contribution in [2.45, 2.75) is 44.6 Å². The van der Waals surface area contributed by atoms with E-state index in [4.69, 9.17) is 0 Å². The van der Waals surface area contributed by atoms with Gasteiger partial charge in [0, 0.05) is 58.9 Å². The molecule has 4 heterocycles. The van der Waals surface area contributed by atoms with Crippen molar-refractivity contribution in [3.63, 3.8) is 0 Å². The van der Waals surface area contributed by atoms with Gasteiger partial charge in [-0.05, 0) is 53.4 Å². The number of benzene rings is 3. The van der Waals surface area contributed by atoms with Crippen LogP contribution in [0.4, 0.5) is 15.2 Å². The number of anilines is 2. The Hall–Kier alpha value is -5.15. The highest BCUT2D eigenvalue weighted by Gasteiger charge is 2.42. The predicted molar refractivity (Wildman–Crippen MR) is 175 cm³/mol. The summed E-state index contributed by atoms with van der Waals surface area (Å²) < 4.78 is 15.1. The van der Waals surface area contributed by atoms with Crippen LogP contribution in [-0.4, -0.2) is 55.5 Å². The van der Waals surface area contributed by atoms with E-state index in [0.717, 1.165) is 23.8 Å². The number of hydrogen-bond acceptors (Lipinski definition) is 9. The minimum atomic E-state index is -1.37. The number of carbonyl (C=O) groups is 5. The van der Waals surface area contributed by atoms with Gasteiger partial charge >= 0.3 is 0 Å². The van der Waals surface area contributed by atoms with Gasteiger partial charge < -0.3 is 20.2 Å². The normalized spacial score (nSPS) is 17.7. The first kappa shape index (κ1) is 31.4. The number of rotatable bonds is 8. The number of fused-ring (bicyclic) bond motifs is 2. The Morgan fingerprint density at radius 3 is 2.73 bits per heavy atom. The zero-order chi connectivity index (χ0) is 33.7. The fraction of sp³-hybridized carbons (Fsp3) is 0.212. The van der Waals surface area contributed by atoms with Crippen molar-refractivity contribution < 1.29 is 33.5 Å². The first-order valence-electron chi connectivity index (χ1n) is 14.9. The SMILES string of the molecule is O=C1CCC(N2Cc3c(ccc(CNc4cccc5c4C(=O)N(C(C(=O)Nc4nccs4)c4cc(F)ccc4O)C5)c3Br)C2=O)C(=O)N1. The van der Waals surface area contributed by atoms with Gasteiger partial charge in [0.05, 0.1) is 5.56 Å². The van der Waals surface area contributed by atoms with Crippen LogP contribution in [0.5, 0.6) is 5.75 Å². The molecule has 12 nitrogen and oxygen atoms in total. The van der Waals surface area contributed by atoms with Gasteiger partial charge in [-0.15, -0.1) is 11.3 Å². The zero-order valence-electron chi connectivity index (χ0n) is 25.0. The highest BCUT2D eigenvalue weighted by molar-refractivity contribution is 9.10. The van der Waals surface area contributed by atoms with E-state index in [1.54, 1.807) is 35.7 Å². The topological polar surface area (TPSA) is 161 Å². The van der Waals surface area contributed by atoms with E-state index in [0.29, 0.717) is 32.4 Å². The Morgan fingerprint density at radius 2 is 1.96 bits per heavy atom. The summed E-state index contributed by atoms with van der Waals surface area (Å²) in [5.74, 6) is -3.30. The van der Waals surface area contributed by atoms with Crippen molar-refractivity contribution in [3.8, 4) is 5.75 Å².